The van der Waals surface area contributed by atoms with Gasteiger partial charge in [0, 0.05) is 35.6 Å². The highest BCUT2D eigenvalue weighted by Crippen LogP contribution is 2.13. The molecule has 8 heteroatoms. The molecule has 0 radical (unpaired) electrons. The first kappa shape index (κ1) is 14.9. The SMILES string of the molecule is Nc1ccc([N+](=O)[O-])cc1.Nc1cccc([N+](=O)[O-])c1. The van der Waals surface area contributed by atoms with Gasteiger partial charge in [-0.2, -0.15) is 0 Å². The molecular formula is C12H12N4O4. The normalized spacial score (nSPS) is 9.20. The van der Waals surface area contributed by atoms with Crippen molar-refractivity contribution in [2.75, 3.05) is 11.5 Å². The molecule has 0 atom stereocenters. The summed E-state index contributed by atoms with van der Waals surface area (Å²) in [6.07, 6.45) is 0. The second-order valence-corrected chi connectivity index (χ2v) is 3.70. The van der Waals surface area contributed by atoms with Crippen LogP contribution in [0, 0.1) is 20.2 Å². The highest BCUT2D eigenvalue weighted by atomic mass is 16.6. The first-order chi connectivity index (χ1) is 9.40. The second-order valence-electron chi connectivity index (χ2n) is 3.70. The van der Waals surface area contributed by atoms with E-state index in [4.69, 9.17) is 11.5 Å². The maximum atomic E-state index is 10.1. The van der Waals surface area contributed by atoms with Crippen molar-refractivity contribution in [2.24, 2.45) is 0 Å². The van der Waals surface area contributed by atoms with E-state index in [9.17, 15) is 20.2 Å². The molecule has 4 N–H and O–H groups in total. The molecule has 2 rings (SSSR count). The average Bonchev–Trinajstić information content (AvgIpc) is 2.40. The molecular weight excluding hydrogens is 264 g/mol. The number of rotatable bonds is 2. The smallest absolute Gasteiger partial charge is 0.271 e. The van der Waals surface area contributed by atoms with E-state index in [0.717, 1.165) is 0 Å². The first-order valence-corrected chi connectivity index (χ1v) is 5.40. The monoisotopic (exact) mass is 276 g/mol. The van der Waals surface area contributed by atoms with Crippen LogP contribution in [-0.4, -0.2) is 9.85 Å². The lowest BCUT2D eigenvalue weighted by molar-refractivity contribution is -0.385. The van der Waals surface area contributed by atoms with Gasteiger partial charge in [0.1, 0.15) is 0 Å². The number of non-ortho nitro benzene ring substituents is 2. The van der Waals surface area contributed by atoms with Crippen LogP contribution in [0.1, 0.15) is 0 Å². The molecule has 0 amide bonds. The molecule has 0 bridgehead atoms. The van der Waals surface area contributed by atoms with E-state index in [1.165, 1.54) is 36.4 Å². The Morgan fingerprint density at radius 1 is 0.750 bits per heavy atom. The van der Waals surface area contributed by atoms with Crippen molar-refractivity contribution in [3.8, 4) is 0 Å². The Balaban J connectivity index is 0.000000200. The van der Waals surface area contributed by atoms with Gasteiger partial charge in [0.05, 0.1) is 9.85 Å². The molecule has 2 aromatic rings. The summed E-state index contributed by atoms with van der Waals surface area (Å²) in [7, 11) is 0. The molecule has 0 heterocycles. The van der Waals surface area contributed by atoms with Gasteiger partial charge in [-0.15, -0.1) is 0 Å². The van der Waals surface area contributed by atoms with Crippen LogP contribution in [-0.2, 0) is 0 Å². The van der Waals surface area contributed by atoms with Crippen LogP contribution in [0.2, 0.25) is 0 Å². The minimum atomic E-state index is -0.476. The number of nitro benzene ring substituents is 2. The minimum absolute atomic E-state index is 0.0278. The number of hydrogen-bond acceptors (Lipinski definition) is 6. The van der Waals surface area contributed by atoms with Crippen LogP contribution < -0.4 is 11.5 Å². The van der Waals surface area contributed by atoms with E-state index in [0.29, 0.717) is 11.4 Å². The van der Waals surface area contributed by atoms with Gasteiger partial charge in [0.2, 0.25) is 0 Å². The van der Waals surface area contributed by atoms with E-state index < -0.39 is 9.85 Å². The van der Waals surface area contributed by atoms with Gasteiger partial charge >= 0.3 is 0 Å². The van der Waals surface area contributed by atoms with Gasteiger partial charge < -0.3 is 11.5 Å². The molecule has 2 aromatic carbocycles. The van der Waals surface area contributed by atoms with Crippen molar-refractivity contribution in [1.29, 1.82) is 0 Å². The number of benzene rings is 2. The summed E-state index contributed by atoms with van der Waals surface area (Å²) < 4.78 is 0. The molecule has 104 valence electrons. The molecule has 0 spiro atoms. The van der Waals surface area contributed by atoms with E-state index >= 15 is 0 Å². The van der Waals surface area contributed by atoms with Gasteiger partial charge in [-0.25, -0.2) is 0 Å². The Bertz CT molecular complexity index is 613. The predicted octanol–water partition coefficient (Wildman–Crippen LogP) is 2.35. The topological polar surface area (TPSA) is 138 Å². The third-order valence-electron chi connectivity index (χ3n) is 2.18. The fraction of sp³-hybridized carbons (Fsp3) is 0. The number of nitrogens with two attached hydrogens (primary N) is 2. The molecule has 0 aromatic heterocycles. The lowest BCUT2D eigenvalue weighted by Crippen LogP contribution is -1.89. The van der Waals surface area contributed by atoms with Crippen LogP contribution >= 0.6 is 0 Å². The fourth-order valence-corrected chi connectivity index (χ4v) is 1.23. The fourth-order valence-electron chi connectivity index (χ4n) is 1.23. The van der Waals surface area contributed by atoms with Gasteiger partial charge in [0.15, 0.2) is 0 Å². The van der Waals surface area contributed by atoms with Crippen molar-refractivity contribution in [2.45, 2.75) is 0 Å². The van der Waals surface area contributed by atoms with Crippen molar-refractivity contribution in [3.63, 3.8) is 0 Å². The summed E-state index contributed by atoms with van der Waals surface area (Å²) in [5.74, 6) is 0. The summed E-state index contributed by atoms with van der Waals surface area (Å²) in [4.78, 5) is 19.2. The van der Waals surface area contributed by atoms with E-state index in [1.807, 2.05) is 0 Å². The number of hydrogen-bond donors (Lipinski definition) is 2. The van der Waals surface area contributed by atoms with Gasteiger partial charge in [-0.3, -0.25) is 20.2 Å². The summed E-state index contributed by atoms with van der Waals surface area (Å²) in [5, 5.41) is 20.2. The molecule has 0 aliphatic heterocycles. The highest BCUT2D eigenvalue weighted by Gasteiger charge is 2.02. The molecule has 0 aliphatic rings. The molecule has 0 unspecified atom stereocenters. The van der Waals surface area contributed by atoms with Crippen LogP contribution in [0.5, 0.6) is 0 Å². The maximum Gasteiger partial charge on any atom is 0.271 e. The quantitative estimate of drug-likeness (QED) is 0.490. The average molecular weight is 276 g/mol. The molecule has 0 saturated heterocycles. The van der Waals surface area contributed by atoms with Crippen LogP contribution in [0.15, 0.2) is 48.5 Å². The summed E-state index contributed by atoms with van der Waals surface area (Å²) in [5.41, 5.74) is 11.6. The minimum Gasteiger partial charge on any atom is -0.399 e. The second kappa shape index (κ2) is 6.69. The largest absolute Gasteiger partial charge is 0.399 e. The molecule has 8 nitrogen and oxygen atoms in total. The van der Waals surface area contributed by atoms with E-state index in [2.05, 4.69) is 0 Å². The summed E-state index contributed by atoms with van der Waals surface area (Å²) in [6, 6.07) is 11.6. The lowest BCUT2D eigenvalue weighted by atomic mass is 10.3. The Morgan fingerprint density at radius 3 is 1.70 bits per heavy atom. The predicted molar refractivity (Wildman–Crippen MR) is 75.0 cm³/mol. The zero-order chi connectivity index (χ0) is 15.1. The van der Waals surface area contributed by atoms with Crippen molar-refractivity contribution < 1.29 is 9.85 Å². The molecule has 0 fully saturated rings. The Labute approximate surface area is 113 Å². The first-order valence-electron chi connectivity index (χ1n) is 5.40. The maximum absolute atomic E-state index is 10.1. The molecule has 20 heavy (non-hydrogen) atoms. The lowest BCUT2D eigenvalue weighted by Gasteiger charge is -1.90. The van der Waals surface area contributed by atoms with E-state index in [1.54, 1.807) is 12.1 Å². The Kier molecular flexibility index (Phi) is 4.98. The third kappa shape index (κ3) is 4.61. The molecule has 0 saturated carbocycles. The Morgan fingerprint density at radius 2 is 1.30 bits per heavy atom. The van der Waals surface area contributed by atoms with Crippen LogP contribution in [0.4, 0.5) is 22.7 Å². The Hall–Kier alpha value is -3.16. The van der Waals surface area contributed by atoms with Gasteiger partial charge in [-0.05, 0) is 18.2 Å². The van der Waals surface area contributed by atoms with Gasteiger partial charge in [0.25, 0.3) is 11.4 Å². The third-order valence-corrected chi connectivity index (χ3v) is 2.18. The van der Waals surface area contributed by atoms with Crippen LogP contribution in [0.3, 0.4) is 0 Å². The summed E-state index contributed by atoms with van der Waals surface area (Å²) >= 11 is 0. The van der Waals surface area contributed by atoms with Crippen molar-refractivity contribution in [3.05, 3.63) is 68.8 Å². The van der Waals surface area contributed by atoms with Gasteiger partial charge in [-0.1, -0.05) is 6.07 Å². The standard InChI is InChI=1S/2C6H6N2O2/c7-5-1-3-6(4-2-5)8(9)10;7-5-2-1-3-6(4-5)8(9)10/h2*1-4H,7H2. The highest BCUT2D eigenvalue weighted by molar-refractivity contribution is 5.47. The number of anilines is 2. The number of nitrogen functional groups attached to an aromatic ring is 2. The number of nitro groups is 2. The van der Waals surface area contributed by atoms with E-state index in [-0.39, 0.29) is 11.4 Å². The zero-order valence-electron chi connectivity index (χ0n) is 10.3. The number of nitrogens with zero attached hydrogens (tertiary/aromatic N) is 2. The van der Waals surface area contributed by atoms with Crippen molar-refractivity contribution >= 4 is 22.7 Å². The zero-order valence-corrected chi connectivity index (χ0v) is 10.3. The summed E-state index contributed by atoms with van der Waals surface area (Å²) in [6.45, 7) is 0. The molecule has 0 aliphatic carbocycles. The van der Waals surface area contributed by atoms with Crippen molar-refractivity contribution in [1.82, 2.24) is 0 Å². The van der Waals surface area contributed by atoms with Crippen LogP contribution in [0.25, 0.3) is 0 Å².